The molecule has 3 rings (SSSR count). The van der Waals surface area contributed by atoms with Gasteiger partial charge in [-0.25, -0.2) is 0 Å². The van der Waals surface area contributed by atoms with Crippen LogP contribution in [0.1, 0.15) is 0 Å². The molecule has 2 aliphatic heterocycles. The maximum absolute atomic E-state index is 3.53. The summed E-state index contributed by atoms with van der Waals surface area (Å²) in [6, 6.07) is 0. The second kappa shape index (κ2) is 2.03. The first-order valence-electron chi connectivity index (χ1n) is 4.92. The summed E-state index contributed by atoms with van der Waals surface area (Å²) in [5.41, 5.74) is 1.25. The van der Waals surface area contributed by atoms with Crippen molar-refractivity contribution in [1.82, 2.24) is 16.0 Å². The lowest BCUT2D eigenvalue weighted by atomic mass is 9.96. The maximum atomic E-state index is 3.53. The van der Waals surface area contributed by atoms with Gasteiger partial charge in [-0.2, -0.15) is 0 Å². The van der Waals surface area contributed by atoms with Crippen molar-refractivity contribution in [1.29, 1.82) is 0 Å². The molecule has 3 aliphatic rings. The van der Waals surface area contributed by atoms with Crippen LogP contribution in [0.2, 0.25) is 0 Å². The van der Waals surface area contributed by atoms with Crippen LogP contribution in [0.4, 0.5) is 0 Å². The van der Waals surface area contributed by atoms with Crippen LogP contribution < -0.4 is 16.0 Å². The Morgan fingerprint density at radius 1 is 1.33 bits per heavy atom. The highest BCUT2D eigenvalue weighted by Crippen LogP contribution is 2.72. The van der Waals surface area contributed by atoms with Crippen LogP contribution in [-0.2, 0) is 0 Å². The van der Waals surface area contributed by atoms with Gasteiger partial charge < -0.3 is 16.0 Å². The Kier molecular flexibility index (Phi) is 1.23. The van der Waals surface area contributed by atoms with E-state index in [2.05, 4.69) is 23.0 Å². The summed E-state index contributed by atoms with van der Waals surface area (Å²) in [7, 11) is 2.07. The molecule has 3 atom stereocenters. The van der Waals surface area contributed by atoms with E-state index in [0.717, 1.165) is 5.92 Å². The zero-order chi connectivity index (χ0) is 8.23. The fourth-order valence-corrected chi connectivity index (χ4v) is 3.82. The summed E-state index contributed by atoms with van der Waals surface area (Å²) in [5.74, 6) is 0.957. The Labute approximate surface area is 73.3 Å². The Balaban J connectivity index is 1.88. The van der Waals surface area contributed by atoms with Gasteiger partial charge in [-0.3, -0.25) is 0 Å². The minimum absolute atomic E-state index is 0.618. The molecule has 68 valence electrons. The van der Waals surface area contributed by atoms with Crippen LogP contribution in [-0.4, -0.2) is 39.8 Å². The van der Waals surface area contributed by atoms with Crippen LogP contribution in [0, 0.1) is 16.7 Å². The van der Waals surface area contributed by atoms with Crippen LogP contribution in [0.3, 0.4) is 0 Å². The van der Waals surface area contributed by atoms with Crippen LogP contribution in [0.25, 0.3) is 0 Å². The molecular formula is C9H17N3. The predicted molar refractivity (Wildman–Crippen MR) is 48.0 cm³/mol. The average molecular weight is 167 g/mol. The average Bonchev–Trinajstić information content (AvgIpc) is 2.50. The lowest BCUT2D eigenvalue weighted by Gasteiger charge is -2.18. The molecule has 1 saturated carbocycles. The number of piperidine rings is 2. The SMILES string of the molecule is CNCC12CNCC13CNCC23. The highest BCUT2D eigenvalue weighted by Gasteiger charge is 2.79. The summed E-state index contributed by atoms with van der Waals surface area (Å²) in [6.45, 7) is 6.18. The van der Waals surface area contributed by atoms with Crippen molar-refractivity contribution in [2.24, 2.45) is 16.7 Å². The van der Waals surface area contributed by atoms with Gasteiger partial charge in [0.25, 0.3) is 0 Å². The third kappa shape index (κ3) is 0.543. The molecule has 0 aromatic heterocycles. The molecule has 0 radical (unpaired) electrons. The Morgan fingerprint density at radius 2 is 2.17 bits per heavy atom. The molecule has 3 nitrogen and oxygen atoms in total. The van der Waals surface area contributed by atoms with E-state index in [0.29, 0.717) is 10.8 Å². The lowest BCUT2D eigenvalue weighted by molar-refractivity contribution is 0.374. The lowest BCUT2D eigenvalue weighted by Crippen LogP contribution is -2.34. The fourth-order valence-electron chi connectivity index (χ4n) is 3.82. The zero-order valence-corrected chi connectivity index (χ0v) is 7.61. The molecule has 1 aliphatic carbocycles. The highest BCUT2D eigenvalue weighted by molar-refractivity contribution is 5.31. The monoisotopic (exact) mass is 167 g/mol. The van der Waals surface area contributed by atoms with Crippen LogP contribution in [0.5, 0.6) is 0 Å². The van der Waals surface area contributed by atoms with Gasteiger partial charge in [0.05, 0.1) is 0 Å². The van der Waals surface area contributed by atoms with Crippen molar-refractivity contribution in [2.45, 2.75) is 0 Å². The number of hydrogen-bond acceptors (Lipinski definition) is 3. The molecule has 3 N–H and O–H groups in total. The van der Waals surface area contributed by atoms with E-state index in [9.17, 15) is 0 Å². The zero-order valence-electron chi connectivity index (χ0n) is 7.61. The number of nitrogens with one attached hydrogen (secondary N) is 3. The summed E-state index contributed by atoms with van der Waals surface area (Å²) in [5, 5.41) is 10.4. The van der Waals surface area contributed by atoms with Crippen molar-refractivity contribution in [3.05, 3.63) is 0 Å². The Hall–Kier alpha value is -0.120. The Bertz CT molecular complexity index is 214. The van der Waals surface area contributed by atoms with Crippen molar-refractivity contribution in [2.75, 3.05) is 39.8 Å². The molecule has 3 heteroatoms. The molecule has 12 heavy (non-hydrogen) atoms. The molecule has 1 spiro atoms. The highest BCUT2D eigenvalue weighted by atomic mass is 15.2. The molecule has 0 aromatic rings. The van der Waals surface area contributed by atoms with Gasteiger partial charge in [0, 0.05) is 37.0 Å². The molecule has 0 bridgehead atoms. The quantitative estimate of drug-likeness (QED) is 0.494. The van der Waals surface area contributed by atoms with E-state index in [1.54, 1.807) is 0 Å². The Morgan fingerprint density at radius 3 is 2.92 bits per heavy atom. The third-order valence-electron chi connectivity index (χ3n) is 4.40. The predicted octanol–water partition coefficient (Wildman–Crippen LogP) is -0.985. The van der Waals surface area contributed by atoms with E-state index in [4.69, 9.17) is 0 Å². The van der Waals surface area contributed by atoms with Gasteiger partial charge in [-0.1, -0.05) is 0 Å². The summed E-state index contributed by atoms with van der Waals surface area (Å²) >= 11 is 0. The summed E-state index contributed by atoms with van der Waals surface area (Å²) in [6.07, 6.45) is 0. The number of fused-ring (bicyclic) bond motifs is 1. The van der Waals surface area contributed by atoms with E-state index >= 15 is 0 Å². The normalized spacial score (nSPS) is 55.2. The van der Waals surface area contributed by atoms with E-state index in [1.807, 2.05) is 0 Å². The van der Waals surface area contributed by atoms with Crippen molar-refractivity contribution in [3.63, 3.8) is 0 Å². The topological polar surface area (TPSA) is 36.1 Å². The molecule has 2 saturated heterocycles. The molecule has 3 unspecified atom stereocenters. The van der Waals surface area contributed by atoms with Crippen molar-refractivity contribution in [3.8, 4) is 0 Å². The molecule has 2 heterocycles. The van der Waals surface area contributed by atoms with Gasteiger partial charge in [0.2, 0.25) is 0 Å². The second-order valence-electron chi connectivity index (χ2n) is 4.63. The van der Waals surface area contributed by atoms with Crippen molar-refractivity contribution < 1.29 is 0 Å². The van der Waals surface area contributed by atoms with E-state index in [-0.39, 0.29) is 0 Å². The summed E-state index contributed by atoms with van der Waals surface area (Å²) < 4.78 is 0. The van der Waals surface area contributed by atoms with Gasteiger partial charge in [-0.15, -0.1) is 0 Å². The van der Waals surface area contributed by atoms with Crippen LogP contribution >= 0.6 is 0 Å². The standard InChI is InChI=1S/C9H17N3/c1-10-3-8-5-12-6-9(8)4-11-2-7(8)9/h7,10-12H,2-6H2,1H3. The third-order valence-corrected chi connectivity index (χ3v) is 4.40. The van der Waals surface area contributed by atoms with Crippen LogP contribution in [0.15, 0.2) is 0 Å². The molecule has 3 fully saturated rings. The first-order valence-corrected chi connectivity index (χ1v) is 4.92. The molecular weight excluding hydrogens is 150 g/mol. The molecule has 0 amide bonds. The molecule has 0 aromatic carbocycles. The summed E-state index contributed by atoms with van der Waals surface area (Å²) in [4.78, 5) is 0. The van der Waals surface area contributed by atoms with Gasteiger partial charge in [-0.05, 0) is 19.5 Å². The van der Waals surface area contributed by atoms with Gasteiger partial charge >= 0.3 is 0 Å². The number of hydrogen-bond donors (Lipinski definition) is 3. The maximum Gasteiger partial charge on any atom is 0.00832 e. The largest absolute Gasteiger partial charge is 0.319 e. The van der Waals surface area contributed by atoms with E-state index < -0.39 is 0 Å². The van der Waals surface area contributed by atoms with Gasteiger partial charge in [0.1, 0.15) is 0 Å². The number of rotatable bonds is 2. The minimum atomic E-state index is 0.618. The smallest absolute Gasteiger partial charge is 0.00832 e. The van der Waals surface area contributed by atoms with E-state index in [1.165, 1.54) is 32.7 Å². The first-order chi connectivity index (χ1) is 5.86. The fraction of sp³-hybridized carbons (Fsp3) is 1.00. The minimum Gasteiger partial charge on any atom is -0.319 e. The van der Waals surface area contributed by atoms with Crippen molar-refractivity contribution >= 4 is 0 Å². The van der Waals surface area contributed by atoms with Gasteiger partial charge in [0.15, 0.2) is 0 Å². The second-order valence-corrected chi connectivity index (χ2v) is 4.63. The first kappa shape index (κ1) is 7.30.